The number of aromatic hydroxyl groups is 3. The van der Waals surface area contributed by atoms with Gasteiger partial charge in [0.25, 0.3) is 28.5 Å². The number of pyridine rings is 3. The fraction of sp³-hybridized carbons (Fsp3) is 0.500. The first-order valence-electron chi connectivity index (χ1n) is 54.1. The minimum absolute atomic E-state index is 0.00734. The van der Waals surface area contributed by atoms with E-state index in [2.05, 4.69) is 20.4 Å². The number of carbonyl (C=O) groups excluding carboxylic acids is 4. The van der Waals surface area contributed by atoms with Gasteiger partial charge in [-0.3, -0.25) is 42.2 Å². The van der Waals surface area contributed by atoms with Gasteiger partial charge in [0.2, 0.25) is 0 Å². The third kappa shape index (κ3) is 19.3. The largest absolute Gasteiger partial charge is 0.506 e. The minimum Gasteiger partial charge on any atom is -0.506 e. The van der Waals surface area contributed by atoms with Crippen LogP contribution in [-0.2, 0) is 9.47 Å². The number of nitrogens with zero attached hydrogens (tertiary/aromatic N) is 6. The summed E-state index contributed by atoms with van der Waals surface area (Å²) >= 11 is 2.74. The van der Waals surface area contributed by atoms with Gasteiger partial charge in [-0.25, -0.2) is 19.2 Å². The molecule has 9 aromatic rings. The average Bonchev–Trinajstić information content (AvgIpc) is 1.40. The van der Waals surface area contributed by atoms with Crippen molar-refractivity contribution < 1.29 is 120 Å². The third-order valence-corrected chi connectivity index (χ3v) is 16.1. The van der Waals surface area contributed by atoms with Gasteiger partial charge in [-0.05, 0) is 217 Å². The third-order valence-electron chi connectivity index (χ3n) is 12.3. The summed E-state index contributed by atoms with van der Waals surface area (Å²) in [6.45, 7) is -27.0. The summed E-state index contributed by atoms with van der Waals surface area (Å²) in [6, 6.07) is -15.0. The summed E-state index contributed by atoms with van der Waals surface area (Å²) in [5.74, 6) is -9.15. The van der Waals surface area contributed by atoms with Crippen LogP contribution >= 0.6 is 56.7 Å². The van der Waals surface area contributed by atoms with Gasteiger partial charge in [-0.1, -0.05) is 12.7 Å². The van der Waals surface area contributed by atoms with Crippen molar-refractivity contribution in [1.29, 1.82) is 0 Å². The molecule has 99 heavy (non-hydrogen) atoms. The highest BCUT2D eigenvalue weighted by molar-refractivity contribution is 7.18. The Bertz CT molecular complexity index is 6830. The standard InChI is InChI=1S/2C19H27N3O3S.C13H15NO4S.C10H15NO2S.C9H9NO3S/c2*1-13(2)22-18(25)15(16(23)14-7-12-26-19(14)22)17(24)20-8-6-11-21-9-4-3-5-10-21;1-4-18-13(17)9-10(15)8-5-6-19-12(8)14(7(2)3)11(9)16;1-4-13-10(12)8-5-6-14-9(8)11-7(2)3;1-5(2)10-7-6(3-4-14-7)8(11)13-9(10)12/h2*7,12-13,23H,3-6,8-11H2,1-2H3,(H,20,24);5-7,15H,4H2,1-3H3;5-7,11H,4H2,1-3H3;3-5H,1-2H3/i2*1D3,3D2,4D2,5D2,7D,9D2,10D2,11D,12D,13D;2*2D3,5D,6D,7D;1D3,3D,4D,5D. The lowest BCUT2D eigenvalue weighted by Crippen LogP contribution is -2.36. The van der Waals surface area contributed by atoms with Crippen molar-refractivity contribution in [3.63, 3.8) is 0 Å². The molecule has 7 atom stereocenters. The number of aromatic nitrogens is 4. The van der Waals surface area contributed by atoms with Gasteiger partial charge in [0.05, 0.1) is 60.9 Å². The lowest BCUT2D eigenvalue weighted by atomic mass is 10.1. The van der Waals surface area contributed by atoms with Gasteiger partial charge < -0.3 is 55.0 Å². The Morgan fingerprint density at radius 2 is 0.919 bits per heavy atom. The van der Waals surface area contributed by atoms with E-state index in [0.29, 0.717) is 63.6 Å². The number of amides is 2. The molecule has 7 unspecified atom stereocenters. The molecule has 6 N–H and O–H groups in total. The minimum atomic E-state index is -3.69. The van der Waals surface area contributed by atoms with Crippen LogP contribution in [0.15, 0.2) is 85.4 Å². The zero-order valence-corrected chi connectivity index (χ0v) is 56.4. The zero-order valence-electron chi connectivity index (χ0n) is 104. The first kappa shape index (κ1) is 33.2. The van der Waals surface area contributed by atoms with E-state index in [1.165, 1.54) is 6.92 Å². The number of carbonyl (C=O) groups is 4. The predicted octanol–water partition coefficient (Wildman–Crippen LogP) is 12.8. The highest BCUT2D eigenvalue weighted by Crippen LogP contribution is 2.35. The van der Waals surface area contributed by atoms with Crippen LogP contribution in [0.2, 0.25) is 0 Å². The molecule has 0 aliphatic carbocycles. The van der Waals surface area contributed by atoms with Gasteiger partial charge in [0.15, 0.2) is 5.56 Å². The quantitative estimate of drug-likeness (QED) is 0.0386. The van der Waals surface area contributed by atoms with Crippen LogP contribution in [0, 0.1) is 0 Å². The van der Waals surface area contributed by atoms with Crippen LogP contribution in [0.1, 0.15) is 271 Å². The first-order chi connectivity index (χ1) is 67.4. The molecule has 0 saturated carbocycles. The van der Waals surface area contributed by atoms with Crippen LogP contribution < -0.4 is 44.0 Å². The predicted molar refractivity (Wildman–Crippen MR) is 399 cm³/mol. The topological polar surface area (TPSA) is 308 Å². The summed E-state index contributed by atoms with van der Waals surface area (Å²) in [5.41, 5.74) is -8.56. The molecule has 11 heterocycles. The van der Waals surface area contributed by atoms with Crippen LogP contribution in [0.5, 0.6) is 17.2 Å². The molecule has 2 saturated heterocycles. The van der Waals surface area contributed by atoms with Gasteiger partial charge >= 0.3 is 23.3 Å². The molecule has 0 spiro atoms. The average molecular weight is 1510 g/mol. The Kier molecular flexibility index (Phi) is 12.4. The highest BCUT2D eigenvalue weighted by atomic mass is 32.1. The second-order valence-corrected chi connectivity index (χ2v) is 23.1. The van der Waals surface area contributed by atoms with E-state index in [0.717, 1.165) is 46.0 Å². The number of rotatable bonds is 20. The van der Waals surface area contributed by atoms with E-state index in [9.17, 15) is 58.5 Å². The number of piperidine rings is 2. The second-order valence-electron chi connectivity index (χ2n) is 19.1. The molecular weight excluding hydrogens is 1370 g/mol. The Labute approximate surface area is 667 Å². The van der Waals surface area contributed by atoms with E-state index >= 15 is 0 Å². The van der Waals surface area contributed by atoms with E-state index in [4.69, 9.17) is 80.8 Å². The molecule has 0 bridgehead atoms. The normalized spacial score (nSPS) is 30.4. The molecule has 2 fully saturated rings. The van der Waals surface area contributed by atoms with Gasteiger partial charge in [0.1, 0.15) is 52.7 Å². The molecule has 24 nitrogen and oxygen atoms in total. The van der Waals surface area contributed by atoms with Gasteiger partial charge in [-0.15, -0.1) is 56.7 Å². The fourth-order valence-corrected chi connectivity index (χ4v) is 12.1. The molecule has 11 rings (SSSR count). The van der Waals surface area contributed by atoms with Crippen molar-refractivity contribution in [3.8, 4) is 17.2 Å². The number of esters is 2. The second kappa shape index (κ2) is 36.9. The summed E-state index contributed by atoms with van der Waals surface area (Å²) in [7, 11) is 0. The number of thiophene rings is 5. The smallest absolute Gasteiger partial charge is 0.423 e. The lowest BCUT2D eigenvalue weighted by molar-refractivity contribution is 0.0513. The number of anilines is 1. The lowest BCUT2D eigenvalue weighted by Gasteiger charge is -2.26. The van der Waals surface area contributed by atoms with E-state index in [-0.39, 0.29) is 76.1 Å². The molecule has 2 aliphatic heterocycles. The molecular formula is C70H93N9O15S5. The Balaban J connectivity index is 0.000000265. The summed E-state index contributed by atoms with van der Waals surface area (Å²) in [5, 5.41) is 34.8. The number of hydrogen-bond acceptors (Lipinski definition) is 23. The van der Waals surface area contributed by atoms with Crippen LogP contribution in [-0.4, -0.2) is 138 Å². The number of hydrogen-bond donors (Lipinski definition) is 6. The van der Waals surface area contributed by atoms with Crippen molar-refractivity contribution in [1.82, 2.24) is 38.7 Å². The van der Waals surface area contributed by atoms with E-state index in [1.54, 1.807) is 6.92 Å². The van der Waals surface area contributed by atoms with Crippen molar-refractivity contribution in [3.05, 3.63) is 131 Å². The molecule has 9 aromatic heterocycles. The molecule has 2 amide bonds. The van der Waals surface area contributed by atoms with Crippen LogP contribution in [0.3, 0.4) is 0 Å². The zero-order chi connectivity index (χ0) is 118. The monoisotopic (exact) mass is 1510 g/mol. The van der Waals surface area contributed by atoms with Crippen LogP contribution in [0.25, 0.3) is 40.9 Å². The Morgan fingerprint density at radius 1 is 0.545 bits per heavy atom. The maximum atomic E-state index is 13.4. The van der Waals surface area contributed by atoms with Crippen molar-refractivity contribution in [2.75, 3.05) is 70.6 Å². The molecule has 0 aromatic carbocycles. The summed E-state index contributed by atoms with van der Waals surface area (Å²) in [6.07, 6.45) is -23.5. The van der Waals surface area contributed by atoms with E-state index < -0.39 is 309 Å². The van der Waals surface area contributed by atoms with E-state index in [1.807, 2.05) is 0 Å². The molecule has 0 radical (unpaired) electrons. The number of fused-ring (bicyclic) bond motifs is 4. The summed E-state index contributed by atoms with van der Waals surface area (Å²) in [4.78, 5) is 111. The Hall–Kier alpha value is -7.93. The maximum Gasteiger partial charge on any atom is 0.423 e. The number of likely N-dealkylation sites (tertiary alicyclic amines) is 2. The van der Waals surface area contributed by atoms with Crippen molar-refractivity contribution in [2.45, 2.75) is 164 Å². The Morgan fingerprint density at radius 3 is 1.33 bits per heavy atom. The van der Waals surface area contributed by atoms with Gasteiger partial charge in [0, 0.05) is 93.9 Å². The SMILES string of the molecule is [2H]c1sc(NC([2H])(C)C([2H])([2H])[2H])c(C(=O)OCC)c1[2H].[2H]c1sc2c(c1[2H])c(=O)oc(=O)n2C([2H])(C)C([2H])([2H])[2H].[2H]c1sc2c(c1[2H])c(O)c(C(=O)NCCC([2H])N1C([2H])([2H])C([2H])([2H])C([2H])([2H])C([2H])([2H])C1([2H])[2H])c(=O)n2C([2H])(C)C([2H])([2H])[2H].[2H]c1sc2c(c1[2H])c(O)c(C(=O)NCCC([2H])N1C([2H])([2H])C([2H])([2H])C([2H])([2H])C([2H])([2H])C1([2H])[2H])c(=O)n2C([2H])(C)C([2H])([2H])[2H].[2H]c1sc2c(c1[2H])c(O)c(C(=O)OCC)c(=O)n2C([2H])(C)C([2H])([2H])[2H]. The van der Waals surface area contributed by atoms with Gasteiger partial charge in [-0.2, -0.15) is 0 Å². The molecule has 29 heteroatoms. The molecule has 538 valence electrons. The maximum absolute atomic E-state index is 13.4. The first-order valence-corrected chi connectivity index (χ1v) is 32.1. The number of ether oxygens (including phenoxy) is 2. The summed E-state index contributed by atoms with van der Waals surface area (Å²) < 4.78 is 424. The number of nitrogens with one attached hydrogen (secondary N) is 3. The molecule has 2 aliphatic rings. The highest BCUT2D eigenvalue weighted by Gasteiger charge is 2.28. The van der Waals surface area contributed by atoms with Crippen molar-refractivity contribution in [2.24, 2.45) is 0 Å². The van der Waals surface area contributed by atoms with Crippen LogP contribution in [0.4, 0.5) is 5.00 Å². The van der Waals surface area contributed by atoms with Crippen molar-refractivity contribution >= 4 is 126 Å². The fourth-order valence-electron chi connectivity index (χ4n) is 8.15.